The van der Waals surface area contributed by atoms with E-state index in [0.717, 1.165) is 18.0 Å². The minimum absolute atomic E-state index is 0.511. The fourth-order valence-corrected chi connectivity index (χ4v) is 4.11. The van der Waals surface area contributed by atoms with E-state index in [1.54, 1.807) is 0 Å². The Morgan fingerprint density at radius 2 is 1.21 bits per heavy atom. The first kappa shape index (κ1) is 15.4. The van der Waals surface area contributed by atoms with Crippen LogP contribution in [0.3, 0.4) is 0 Å². The molecule has 0 amide bonds. The van der Waals surface area contributed by atoms with E-state index in [4.69, 9.17) is 0 Å². The third kappa shape index (κ3) is 5.10. The SMILES string of the molecule is CC(C)(C)C1CCCC(NC2CCCCCC2)CC1. The summed E-state index contributed by atoms with van der Waals surface area (Å²) >= 11 is 0. The predicted octanol–water partition coefficient (Wildman–Crippen LogP) is 5.29. The maximum atomic E-state index is 4.01. The van der Waals surface area contributed by atoms with Gasteiger partial charge in [0.2, 0.25) is 0 Å². The van der Waals surface area contributed by atoms with Crippen molar-refractivity contribution in [2.45, 2.75) is 103 Å². The molecule has 2 fully saturated rings. The molecule has 0 heterocycles. The lowest BCUT2D eigenvalue weighted by atomic mass is 9.76. The molecule has 2 unspecified atom stereocenters. The maximum Gasteiger partial charge on any atom is 0.00697 e. The second-order valence-electron chi connectivity index (χ2n) is 8.12. The van der Waals surface area contributed by atoms with E-state index in [2.05, 4.69) is 26.1 Å². The number of hydrogen-bond acceptors (Lipinski definition) is 1. The Morgan fingerprint density at radius 1 is 0.632 bits per heavy atom. The zero-order valence-electron chi connectivity index (χ0n) is 13.5. The van der Waals surface area contributed by atoms with E-state index in [1.165, 1.54) is 70.6 Å². The maximum absolute atomic E-state index is 4.01. The van der Waals surface area contributed by atoms with E-state index in [-0.39, 0.29) is 0 Å². The van der Waals surface area contributed by atoms with Gasteiger partial charge in [0.1, 0.15) is 0 Å². The van der Waals surface area contributed by atoms with Crippen LogP contribution in [0.15, 0.2) is 0 Å². The third-order valence-electron chi connectivity index (χ3n) is 5.52. The van der Waals surface area contributed by atoms with Crippen molar-refractivity contribution in [2.24, 2.45) is 11.3 Å². The Bertz CT molecular complexity index is 245. The van der Waals surface area contributed by atoms with Gasteiger partial charge in [-0.05, 0) is 49.9 Å². The Kier molecular flexibility index (Phi) is 5.74. The topological polar surface area (TPSA) is 12.0 Å². The van der Waals surface area contributed by atoms with Gasteiger partial charge in [0, 0.05) is 12.1 Å². The lowest BCUT2D eigenvalue weighted by molar-refractivity contribution is 0.213. The summed E-state index contributed by atoms with van der Waals surface area (Å²) in [7, 11) is 0. The molecule has 2 aliphatic rings. The zero-order valence-corrected chi connectivity index (χ0v) is 13.5. The molecule has 2 atom stereocenters. The lowest BCUT2D eigenvalue weighted by Gasteiger charge is -2.30. The lowest BCUT2D eigenvalue weighted by Crippen LogP contribution is -2.37. The summed E-state index contributed by atoms with van der Waals surface area (Å²) in [5.74, 6) is 0.938. The highest BCUT2D eigenvalue weighted by molar-refractivity contribution is 4.83. The highest BCUT2D eigenvalue weighted by Crippen LogP contribution is 2.37. The van der Waals surface area contributed by atoms with Gasteiger partial charge in [-0.15, -0.1) is 0 Å². The van der Waals surface area contributed by atoms with Gasteiger partial charge in [0.05, 0.1) is 0 Å². The van der Waals surface area contributed by atoms with Crippen LogP contribution in [-0.2, 0) is 0 Å². The molecule has 0 saturated heterocycles. The second kappa shape index (κ2) is 7.11. The van der Waals surface area contributed by atoms with Crippen LogP contribution >= 0.6 is 0 Å². The van der Waals surface area contributed by atoms with Crippen LogP contribution in [0.2, 0.25) is 0 Å². The van der Waals surface area contributed by atoms with Crippen molar-refractivity contribution in [3.05, 3.63) is 0 Å². The van der Waals surface area contributed by atoms with Gasteiger partial charge < -0.3 is 5.32 Å². The predicted molar refractivity (Wildman–Crippen MR) is 84.4 cm³/mol. The van der Waals surface area contributed by atoms with Crippen LogP contribution in [-0.4, -0.2) is 12.1 Å². The molecule has 1 nitrogen and oxygen atoms in total. The van der Waals surface area contributed by atoms with Crippen molar-refractivity contribution in [3.63, 3.8) is 0 Å². The Labute approximate surface area is 120 Å². The average Bonchev–Trinajstić information content (AvgIpc) is 2.71. The van der Waals surface area contributed by atoms with Gasteiger partial charge in [-0.1, -0.05) is 52.9 Å². The Balaban J connectivity index is 1.78. The van der Waals surface area contributed by atoms with Gasteiger partial charge >= 0.3 is 0 Å². The summed E-state index contributed by atoms with van der Waals surface area (Å²) in [6.07, 6.45) is 15.9. The highest BCUT2D eigenvalue weighted by Gasteiger charge is 2.28. The number of rotatable bonds is 2. The van der Waals surface area contributed by atoms with Crippen molar-refractivity contribution < 1.29 is 0 Å². The molecule has 2 aliphatic carbocycles. The monoisotopic (exact) mass is 265 g/mol. The first-order valence-corrected chi connectivity index (χ1v) is 8.82. The van der Waals surface area contributed by atoms with E-state index < -0.39 is 0 Å². The van der Waals surface area contributed by atoms with Crippen LogP contribution in [0.25, 0.3) is 0 Å². The molecule has 2 rings (SSSR count). The van der Waals surface area contributed by atoms with Crippen LogP contribution in [0, 0.1) is 11.3 Å². The summed E-state index contributed by atoms with van der Waals surface area (Å²) < 4.78 is 0. The third-order valence-corrected chi connectivity index (χ3v) is 5.52. The molecule has 19 heavy (non-hydrogen) atoms. The van der Waals surface area contributed by atoms with Crippen molar-refractivity contribution >= 4 is 0 Å². The van der Waals surface area contributed by atoms with Crippen molar-refractivity contribution in [2.75, 3.05) is 0 Å². The molecule has 0 radical (unpaired) electrons. The van der Waals surface area contributed by atoms with E-state index in [0.29, 0.717) is 5.41 Å². The minimum Gasteiger partial charge on any atom is -0.311 e. The Hall–Kier alpha value is -0.0400. The first-order valence-electron chi connectivity index (χ1n) is 8.82. The smallest absolute Gasteiger partial charge is 0.00697 e. The largest absolute Gasteiger partial charge is 0.311 e. The molecule has 0 bridgehead atoms. The summed E-state index contributed by atoms with van der Waals surface area (Å²) in [4.78, 5) is 0. The highest BCUT2D eigenvalue weighted by atomic mass is 14.9. The summed E-state index contributed by atoms with van der Waals surface area (Å²) in [6.45, 7) is 7.28. The molecule has 1 N–H and O–H groups in total. The molecule has 112 valence electrons. The van der Waals surface area contributed by atoms with Gasteiger partial charge in [0.25, 0.3) is 0 Å². The molecule has 0 spiro atoms. The normalized spacial score (nSPS) is 31.7. The number of hydrogen-bond donors (Lipinski definition) is 1. The van der Waals surface area contributed by atoms with Crippen molar-refractivity contribution in [3.8, 4) is 0 Å². The summed E-state index contributed by atoms with van der Waals surface area (Å²) in [5, 5.41) is 4.01. The molecule has 2 saturated carbocycles. The molecule has 1 heteroatoms. The molecule has 0 aromatic heterocycles. The van der Waals surface area contributed by atoms with Gasteiger partial charge in [-0.3, -0.25) is 0 Å². The fourth-order valence-electron chi connectivity index (χ4n) is 4.11. The molecular formula is C18H35N. The van der Waals surface area contributed by atoms with Gasteiger partial charge in [-0.2, -0.15) is 0 Å². The van der Waals surface area contributed by atoms with E-state index >= 15 is 0 Å². The zero-order chi connectivity index (χ0) is 13.7. The second-order valence-corrected chi connectivity index (χ2v) is 8.12. The van der Waals surface area contributed by atoms with Gasteiger partial charge in [-0.25, -0.2) is 0 Å². The molecule has 0 aromatic carbocycles. The van der Waals surface area contributed by atoms with Crippen LogP contribution < -0.4 is 5.32 Å². The quantitative estimate of drug-likeness (QED) is 0.669. The standard InChI is InChI=1S/C18H35N/c1-18(2,3)15-9-8-12-17(14-13-15)19-16-10-6-4-5-7-11-16/h15-17,19H,4-14H2,1-3H3. The van der Waals surface area contributed by atoms with E-state index in [1.807, 2.05) is 0 Å². The molecular weight excluding hydrogens is 230 g/mol. The molecule has 0 aliphatic heterocycles. The number of nitrogens with one attached hydrogen (secondary N) is 1. The molecule has 0 aromatic rings. The summed E-state index contributed by atoms with van der Waals surface area (Å²) in [6, 6.07) is 1.65. The van der Waals surface area contributed by atoms with Gasteiger partial charge in [0.15, 0.2) is 0 Å². The Morgan fingerprint density at radius 3 is 1.84 bits per heavy atom. The summed E-state index contributed by atoms with van der Waals surface area (Å²) in [5.41, 5.74) is 0.511. The minimum atomic E-state index is 0.511. The first-order chi connectivity index (χ1) is 9.05. The fraction of sp³-hybridized carbons (Fsp3) is 1.00. The van der Waals surface area contributed by atoms with Crippen LogP contribution in [0.1, 0.15) is 91.4 Å². The van der Waals surface area contributed by atoms with Crippen molar-refractivity contribution in [1.29, 1.82) is 0 Å². The average molecular weight is 265 g/mol. The van der Waals surface area contributed by atoms with E-state index in [9.17, 15) is 0 Å². The van der Waals surface area contributed by atoms with Crippen LogP contribution in [0.4, 0.5) is 0 Å². The van der Waals surface area contributed by atoms with Crippen molar-refractivity contribution in [1.82, 2.24) is 5.32 Å². The van der Waals surface area contributed by atoms with Crippen LogP contribution in [0.5, 0.6) is 0 Å².